The second-order valence-electron chi connectivity index (χ2n) is 2.33. The van der Waals surface area contributed by atoms with Crippen molar-refractivity contribution in [3.63, 3.8) is 0 Å². The Kier molecular flexibility index (Phi) is 2.98. The lowest BCUT2D eigenvalue weighted by molar-refractivity contribution is 0.387. The molecule has 0 aliphatic carbocycles. The first-order valence-electron chi connectivity index (χ1n) is 3.49. The minimum atomic E-state index is 0.773. The number of hydrogen-bond acceptors (Lipinski definition) is 2. The van der Waals surface area contributed by atoms with Crippen molar-refractivity contribution in [1.29, 1.82) is 0 Å². The first-order valence-corrected chi connectivity index (χ1v) is 4.28. The van der Waals surface area contributed by atoms with Gasteiger partial charge in [0.15, 0.2) is 0 Å². The van der Waals surface area contributed by atoms with Gasteiger partial charge in [0.25, 0.3) is 0 Å². The Labute approximate surface area is 80.6 Å². The van der Waals surface area contributed by atoms with E-state index in [2.05, 4.69) is 22.0 Å². The summed E-state index contributed by atoms with van der Waals surface area (Å²) in [4.78, 5) is 0. The molecule has 0 saturated heterocycles. The second kappa shape index (κ2) is 3.81. The third-order valence-corrected chi connectivity index (χ3v) is 2.25. The lowest BCUT2D eigenvalue weighted by atomic mass is 10.2. The van der Waals surface area contributed by atoms with Crippen LogP contribution in [0.2, 0.25) is 0 Å². The van der Waals surface area contributed by atoms with Crippen molar-refractivity contribution in [2.24, 2.45) is 0 Å². The number of benzene rings is 1. The Morgan fingerprint density at radius 1 is 1.33 bits per heavy atom. The molecular formula is C9H10BrO2. The van der Waals surface area contributed by atoms with Crippen LogP contribution in [0.25, 0.3) is 0 Å². The molecule has 0 unspecified atom stereocenters. The zero-order valence-corrected chi connectivity index (χ0v) is 8.86. The van der Waals surface area contributed by atoms with Crippen molar-refractivity contribution in [1.82, 2.24) is 0 Å². The van der Waals surface area contributed by atoms with Gasteiger partial charge in [0, 0.05) is 11.6 Å². The van der Waals surface area contributed by atoms with Crippen LogP contribution in [0.15, 0.2) is 10.5 Å². The fraction of sp³-hybridized carbons (Fsp3) is 0.333. The van der Waals surface area contributed by atoms with E-state index in [4.69, 9.17) is 9.47 Å². The van der Waals surface area contributed by atoms with E-state index < -0.39 is 0 Å². The van der Waals surface area contributed by atoms with E-state index in [1.165, 1.54) is 0 Å². The topological polar surface area (TPSA) is 18.5 Å². The summed E-state index contributed by atoms with van der Waals surface area (Å²) in [5.41, 5.74) is 0.977. The van der Waals surface area contributed by atoms with E-state index in [-0.39, 0.29) is 0 Å². The molecule has 2 nitrogen and oxygen atoms in total. The van der Waals surface area contributed by atoms with Crippen LogP contribution in [0.4, 0.5) is 0 Å². The molecule has 1 aromatic carbocycles. The SMILES string of the molecule is COc1c[c]c(Br)c(OC)c1C. The van der Waals surface area contributed by atoms with Crippen molar-refractivity contribution in [3.8, 4) is 11.5 Å². The Hall–Kier alpha value is -0.700. The van der Waals surface area contributed by atoms with Gasteiger partial charge < -0.3 is 9.47 Å². The summed E-state index contributed by atoms with van der Waals surface area (Å²) in [6.07, 6.45) is 0. The van der Waals surface area contributed by atoms with Gasteiger partial charge in [-0.05, 0) is 28.9 Å². The number of hydrogen-bond donors (Lipinski definition) is 0. The maximum atomic E-state index is 5.16. The Bertz CT molecular complexity index is 284. The summed E-state index contributed by atoms with van der Waals surface area (Å²) >= 11 is 3.33. The van der Waals surface area contributed by atoms with Gasteiger partial charge >= 0.3 is 0 Å². The molecule has 0 spiro atoms. The molecule has 3 heteroatoms. The molecule has 1 aromatic rings. The largest absolute Gasteiger partial charge is 0.496 e. The van der Waals surface area contributed by atoms with Crippen LogP contribution in [-0.2, 0) is 0 Å². The van der Waals surface area contributed by atoms with E-state index in [1.807, 2.05) is 6.92 Å². The van der Waals surface area contributed by atoms with Gasteiger partial charge in [-0.1, -0.05) is 0 Å². The Morgan fingerprint density at radius 3 is 2.50 bits per heavy atom. The van der Waals surface area contributed by atoms with Crippen LogP contribution >= 0.6 is 15.9 Å². The first kappa shape index (κ1) is 9.39. The molecule has 0 aliphatic heterocycles. The Balaban J connectivity index is 3.24. The maximum Gasteiger partial charge on any atom is 0.140 e. The van der Waals surface area contributed by atoms with Crippen LogP contribution in [0.3, 0.4) is 0 Å². The fourth-order valence-electron chi connectivity index (χ4n) is 1.03. The summed E-state index contributed by atoms with van der Waals surface area (Å²) < 4.78 is 11.1. The van der Waals surface area contributed by atoms with E-state index >= 15 is 0 Å². The molecule has 0 aliphatic rings. The zero-order valence-electron chi connectivity index (χ0n) is 7.27. The highest BCUT2D eigenvalue weighted by Crippen LogP contribution is 2.33. The first-order chi connectivity index (χ1) is 5.70. The molecule has 0 bridgehead atoms. The Morgan fingerprint density at radius 2 is 2.00 bits per heavy atom. The number of ether oxygens (including phenoxy) is 2. The highest BCUT2D eigenvalue weighted by Gasteiger charge is 2.08. The summed E-state index contributed by atoms with van der Waals surface area (Å²) in [5, 5.41) is 0. The average Bonchev–Trinajstić information content (AvgIpc) is 2.06. The summed E-state index contributed by atoms with van der Waals surface area (Å²) in [5.74, 6) is 1.56. The molecule has 0 amide bonds. The average molecular weight is 230 g/mol. The quantitative estimate of drug-likeness (QED) is 0.777. The van der Waals surface area contributed by atoms with Gasteiger partial charge in [0.1, 0.15) is 11.5 Å². The molecule has 0 N–H and O–H groups in total. The van der Waals surface area contributed by atoms with Crippen LogP contribution < -0.4 is 9.47 Å². The van der Waals surface area contributed by atoms with Crippen molar-refractivity contribution in [3.05, 3.63) is 22.2 Å². The molecule has 0 fully saturated rings. The van der Waals surface area contributed by atoms with E-state index in [1.54, 1.807) is 20.3 Å². The summed E-state index contributed by atoms with van der Waals surface area (Å²) in [7, 11) is 3.25. The molecule has 0 saturated carbocycles. The highest BCUT2D eigenvalue weighted by atomic mass is 79.9. The minimum absolute atomic E-state index is 0.773. The second-order valence-corrected chi connectivity index (χ2v) is 3.12. The minimum Gasteiger partial charge on any atom is -0.496 e. The predicted octanol–water partition coefficient (Wildman–Crippen LogP) is 2.57. The zero-order chi connectivity index (χ0) is 9.14. The number of rotatable bonds is 2. The normalized spacial score (nSPS) is 9.67. The fourth-order valence-corrected chi connectivity index (χ4v) is 1.61. The molecule has 65 valence electrons. The molecule has 12 heavy (non-hydrogen) atoms. The van der Waals surface area contributed by atoms with Crippen molar-refractivity contribution < 1.29 is 9.47 Å². The van der Waals surface area contributed by atoms with E-state index in [9.17, 15) is 0 Å². The lowest BCUT2D eigenvalue weighted by Gasteiger charge is -2.10. The molecule has 0 heterocycles. The molecular weight excluding hydrogens is 220 g/mol. The molecule has 1 radical (unpaired) electrons. The maximum absolute atomic E-state index is 5.16. The smallest absolute Gasteiger partial charge is 0.140 e. The van der Waals surface area contributed by atoms with Crippen LogP contribution in [-0.4, -0.2) is 14.2 Å². The monoisotopic (exact) mass is 229 g/mol. The van der Waals surface area contributed by atoms with Gasteiger partial charge in [0.05, 0.1) is 18.7 Å². The molecule has 0 atom stereocenters. The number of halogens is 1. The predicted molar refractivity (Wildman–Crippen MR) is 50.8 cm³/mol. The van der Waals surface area contributed by atoms with Gasteiger partial charge in [-0.3, -0.25) is 0 Å². The van der Waals surface area contributed by atoms with E-state index in [0.29, 0.717) is 0 Å². The van der Waals surface area contributed by atoms with Gasteiger partial charge in [-0.15, -0.1) is 0 Å². The van der Waals surface area contributed by atoms with Crippen molar-refractivity contribution in [2.75, 3.05) is 14.2 Å². The van der Waals surface area contributed by atoms with Crippen molar-refractivity contribution in [2.45, 2.75) is 6.92 Å². The summed E-state index contributed by atoms with van der Waals surface area (Å²) in [6.45, 7) is 1.94. The van der Waals surface area contributed by atoms with Gasteiger partial charge in [-0.25, -0.2) is 0 Å². The molecule has 0 aromatic heterocycles. The van der Waals surface area contributed by atoms with Gasteiger partial charge in [-0.2, -0.15) is 0 Å². The number of methoxy groups -OCH3 is 2. The van der Waals surface area contributed by atoms with Gasteiger partial charge in [0.2, 0.25) is 0 Å². The highest BCUT2D eigenvalue weighted by molar-refractivity contribution is 9.10. The van der Waals surface area contributed by atoms with Crippen LogP contribution in [0.1, 0.15) is 5.56 Å². The van der Waals surface area contributed by atoms with Crippen LogP contribution in [0, 0.1) is 13.0 Å². The van der Waals surface area contributed by atoms with E-state index in [0.717, 1.165) is 21.5 Å². The summed E-state index contributed by atoms with van der Waals surface area (Å²) in [6, 6.07) is 4.76. The third kappa shape index (κ3) is 1.55. The standard InChI is InChI=1S/C9H10BrO2/c1-6-8(11-2)5-4-7(10)9(6)12-3/h5H,1-3H3. The lowest BCUT2D eigenvalue weighted by Crippen LogP contribution is -1.92. The molecule has 1 rings (SSSR count). The van der Waals surface area contributed by atoms with Crippen LogP contribution in [0.5, 0.6) is 11.5 Å². The third-order valence-electron chi connectivity index (χ3n) is 1.66. The van der Waals surface area contributed by atoms with Crippen molar-refractivity contribution >= 4 is 15.9 Å².